The normalized spacial score (nSPS) is 17.2. The number of hydrogen-bond donors (Lipinski definition) is 0. The molecule has 0 radical (unpaired) electrons. The van der Waals surface area contributed by atoms with Crippen molar-refractivity contribution in [3.05, 3.63) is 66.2 Å². The Morgan fingerprint density at radius 2 is 1.62 bits per heavy atom. The first-order valence-corrected chi connectivity index (χ1v) is 12.1. The maximum absolute atomic E-state index is 13.0. The van der Waals surface area contributed by atoms with E-state index in [1.54, 1.807) is 48.5 Å². The van der Waals surface area contributed by atoms with Gasteiger partial charge >= 0.3 is 12.1 Å². The van der Waals surface area contributed by atoms with Crippen LogP contribution in [0.4, 0.5) is 13.2 Å². The van der Waals surface area contributed by atoms with Crippen molar-refractivity contribution in [3.8, 4) is 0 Å². The molecule has 3 rings (SSSR count). The van der Waals surface area contributed by atoms with Crippen LogP contribution in [0.3, 0.4) is 0 Å². The number of sulfonamides is 1. The molecule has 1 aliphatic heterocycles. The van der Waals surface area contributed by atoms with Gasteiger partial charge in [0.2, 0.25) is 10.0 Å². The Hall–Kier alpha value is -2.92. The van der Waals surface area contributed by atoms with Gasteiger partial charge in [-0.3, -0.25) is 9.59 Å². The molecule has 1 saturated heterocycles. The number of nitrogens with zero attached hydrogens (tertiary/aromatic N) is 2. The summed E-state index contributed by atoms with van der Waals surface area (Å²) < 4.78 is 71.2. The number of esters is 1. The lowest BCUT2D eigenvalue weighted by molar-refractivity contribution is -0.168. The second-order valence-electron chi connectivity index (χ2n) is 7.90. The molecule has 34 heavy (non-hydrogen) atoms. The number of halogens is 3. The summed E-state index contributed by atoms with van der Waals surface area (Å²) in [6.45, 7) is -2.64. The largest absolute Gasteiger partial charge is 0.454 e. The van der Waals surface area contributed by atoms with Gasteiger partial charge in [-0.25, -0.2) is 8.42 Å². The predicted octanol–water partition coefficient (Wildman–Crippen LogP) is 3.36. The van der Waals surface area contributed by atoms with Crippen molar-refractivity contribution in [1.29, 1.82) is 0 Å². The van der Waals surface area contributed by atoms with Crippen LogP contribution >= 0.6 is 0 Å². The molecule has 1 heterocycles. The van der Waals surface area contributed by atoms with Crippen molar-refractivity contribution in [2.45, 2.75) is 42.9 Å². The van der Waals surface area contributed by atoms with Gasteiger partial charge in [-0.1, -0.05) is 48.5 Å². The van der Waals surface area contributed by atoms with Crippen molar-refractivity contribution in [1.82, 2.24) is 9.21 Å². The van der Waals surface area contributed by atoms with E-state index in [-0.39, 0.29) is 24.4 Å². The van der Waals surface area contributed by atoms with Crippen LogP contribution in [-0.4, -0.2) is 61.4 Å². The van der Waals surface area contributed by atoms with Crippen LogP contribution in [0.25, 0.3) is 0 Å². The van der Waals surface area contributed by atoms with Crippen molar-refractivity contribution in [2.24, 2.45) is 0 Å². The summed E-state index contributed by atoms with van der Waals surface area (Å²) in [6.07, 6.45) is -3.33. The lowest BCUT2D eigenvalue weighted by atomic mass is 10.1. The fourth-order valence-electron chi connectivity index (χ4n) is 3.73. The van der Waals surface area contributed by atoms with Gasteiger partial charge in [-0.15, -0.1) is 0 Å². The summed E-state index contributed by atoms with van der Waals surface area (Å²) in [5.74, 6) is -1.98. The number of ether oxygens (including phenoxy) is 1. The molecule has 0 aromatic heterocycles. The van der Waals surface area contributed by atoms with Crippen LogP contribution in [0, 0.1) is 0 Å². The second kappa shape index (κ2) is 11.0. The number of carbonyl (C=O) groups is 2. The van der Waals surface area contributed by atoms with Gasteiger partial charge < -0.3 is 9.64 Å². The van der Waals surface area contributed by atoms with E-state index >= 15 is 0 Å². The summed E-state index contributed by atoms with van der Waals surface area (Å²) in [5, 5.41) is 0. The monoisotopic (exact) mass is 498 g/mol. The molecule has 11 heteroatoms. The summed E-state index contributed by atoms with van der Waals surface area (Å²) in [5.41, 5.74) is 0.485. The van der Waals surface area contributed by atoms with Gasteiger partial charge in [0.1, 0.15) is 12.6 Å². The first kappa shape index (κ1) is 25.7. The van der Waals surface area contributed by atoms with E-state index in [0.717, 1.165) is 4.31 Å². The second-order valence-corrected chi connectivity index (χ2v) is 9.79. The average Bonchev–Trinajstić information content (AvgIpc) is 2.82. The molecule has 0 saturated carbocycles. The molecule has 7 nitrogen and oxygen atoms in total. The number of alkyl halides is 3. The molecule has 184 valence electrons. The van der Waals surface area contributed by atoms with Crippen molar-refractivity contribution in [3.63, 3.8) is 0 Å². The standard InChI is InChI=1S/C23H25F3N2O5S/c24-23(25,26)17-27(15-18-9-3-1-4-10-18)21(29)16-33-22(30)20-13-7-8-14-28(20)34(31,32)19-11-5-2-6-12-19/h1-6,9-12,20H,7-8,13-17H2. The Labute approximate surface area is 196 Å². The molecule has 1 unspecified atom stereocenters. The Bertz CT molecular complexity index is 1080. The van der Waals surface area contributed by atoms with Gasteiger partial charge in [0, 0.05) is 13.1 Å². The smallest absolute Gasteiger partial charge is 0.406 e. The van der Waals surface area contributed by atoms with Gasteiger partial charge in [0.25, 0.3) is 5.91 Å². The zero-order valence-electron chi connectivity index (χ0n) is 18.3. The third kappa shape index (κ3) is 6.80. The Morgan fingerprint density at radius 1 is 1.00 bits per heavy atom. The van der Waals surface area contributed by atoms with Crippen LogP contribution in [0.5, 0.6) is 0 Å². The van der Waals surface area contributed by atoms with E-state index < -0.39 is 47.3 Å². The van der Waals surface area contributed by atoms with Crippen molar-refractivity contribution in [2.75, 3.05) is 19.7 Å². The number of hydrogen-bond acceptors (Lipinski definition) is 5. The van der Waals surface area contributed by atoms with Crippen molar-refractivity contribution < 1.29 is 35.9 Å². The molecule has 2 aromatic rings. The summed E-state index contributed by atoms with van der Waals surface area (Å²) >= 11 is 0. The first-order chi connectivity index (χ1) is 16.1. The summed E-state index contributed by atoms with van der Waals surface area (Å²) in [6, 6.07) is 14.6. The highest BCUT2D eigenvalue weighted by molar-refractivity contribution is 7.89. The van der Waals surface area contributed by atoms with Gasteiger partial charge in [-0.2, -0.15) is 17.5 Å². The van der Waals surface area contributed by atoms with Gasteiger partial charge in [0.05, 0.1) is 4.90 Å². The lowest BCUT2D eigenvalue weighted by Crippen LogP contribution is -2.49. The molecular weight excluding hydrogens is 473 g/mol. The zero-order chi connectivity index (χ0) is 24.8. The zero-order valence-corrected chi connectivity index (χ0v) is 19.1. The molecular formula is C23H25F3N2O5S. The maximum atomic E-state index is 13.0. The molecule has 2 aromatic carbocycles. The molecule has 1 atom stereocenters. The number of piperidine rings is 1. The quantitative estimate of drug-likeness (QED) is 0.521. The SMILES string of the molecule is O=C(OCC(=O)N(Cc1ccccc1)CC(F)(F)F)C1CCCCN1S(=O)(=O)c1ccccc1. The minimum Gasteiger partial charge on any atom is -0.454 e. The Balaban J connectivity index is 1.69. The van der Waals surface area contributed by atoms with Crippen molar-refractivity contribution >= 4 is 21.9 Å². The van der Waals surface area contributed by atoms with E-state index in [0.29, 0.717) is 23.3 Å². The molecule has 0 spiro atoms. The minimum atomic E-state index is -4.64. The van der Waals surface area contributed by atoms with Gasteiger partial charge in [-0.05, 0) is 37.0 Å². The molecule has 0 bridgehead atoms. The first-order valence-electron chi connectivity index (χ1n) is 10.7. The number of benzene rings is 2. The third-order valence-corrected chi connectivity index (χ3v) is 7.27. The molecule has 1 fully saturated rings. The summed E-state index contributed by atoms with van der Waals surface area (Å²) in [4.78, 5) is 25.8. The van der Waals surface area contributed by atoms with E-state index in [9.17, 15) is 31.2 Å². The predicted molar refractivity (Wildman–Crippen MR) is 117 cm³/mol. The fraction of sp³-hybridized carbons (Fsp3) is 0.391. The topological polar surface area (TPSA) is 84.0 Å². The number of carbonyl (C=O) groups excluding carboxylic acids is 2. The Kier molecular flexibility index (Phi) is 8.32. The van der Waals surface area contributed by atoms with E-state index in [4.69, 9.17) is 4.74 Å². The van der Waals surface area contributed by atoms with E-state index in [1.807, 2.05) is 0 Å². The molecule has 0 aliphatic carbocycles. The molecule has 0 N–H and O–H groups in total. The average molecular weight is 499 g/mol. The van der Waals surface area contributed by atoms with E-state index in [1.165, 1.54) is 12.1 Å². The van der Waals surface area contributed by atoms with Crippen LogP contribution in [0.1, 0.15) is 24.8 Å². The molecule has 1 aliphatic rings. The van der Waals surface area contributed by atoms with Crippen LogP contribution in [-0.2, 0) is 30.9 Å². The summed E-state index contributed by atoms with van der Waals surface area (Å²) in [7, 11) is -3.99. The maximum Gasteiger partial charge on any atom is 0.406 e. The van der Waals surface area contributed by atoms with Crippen LogP contribution in [0.15, 0.2) is 65.6 Å². The Morgan fingerprint density at radius 3 is 2.24 bits per heavy atom. The minimum absolute atomic E-state index is 0.0185. The lowest BCUT2D eigenvalue weighted by Gasteiger charge is -2.33. The highest BCUT2D eigenvalue weighted by atomic mass is 32.2. The van der Waals surface area contributed by atoms with Crippen LogP contribution < -0.4 is 0 Å². The molecule has 1 amide bonds. The van der Waals surface area contributed by atoms with Gasteiger partial charge in [0.15, 0.2) is 6.61 Å². The highest BCUT2D eigenvalue weighted by Gasteiger charge is 2.39. The fourth-order valence-corrected chi connectivity index (χ4v) is 5.40. The third-order valence-electron chi connectivity index (χ3n) is 5.35. The van der Waals surface area contributed by atoms with Crippen LogP contribution in [0.2, 0.25) is 0 Å². The number of amides is 1. The highest BCUT2D eigenvalue weighted by Crippen LogP contribution is 2.26. The van der Waals surface area contributed by atoms with E-state index in [2.05, 4.69) is 0 Å². The number of rotatable bonds is 8.